The summed E-state index contributed by atoms with van der Waals surface area (Å²) in [6, 6.07) is 21.0. The Bertz CT molecular complexity index is 1500. The van der Waals surface area contributed by atoms with Gasteiger partial charge in [-0.2, -0.15) is 10.3 Å². The summed E-state index contributed by atoms with van der Waals surface area (Å²) in [5, 5.41) is 19.1. The maximum atomic E-state index is 13.6. The van der Waals surface area contributed by atoms with Crippen LogP contribution >= 0.6 is 0 Å². The van der Waals surface area contributed by atoms with Crippen molar-refractivity contribution in [1.29, 1.82) is 5.26 Å². The van der Waals surface area contributed by atoms with Gasteiger partial charge in [0.15, 0.2) is 5.76 Å². The number of aromatic hydroxyl groups is 1. The Morgan fingerprint density at radius 3 is 2.45 bits per heavy atom. The lowest BCUT2D eigenvalue weighted by atomic mass is 9.90. The smallest absolute Gasteiger partial charge is 0.305 e. The molecule has 0 radical (unpaired) electrons. The predicted octanol–water partition coefficient (Wildman–Crippen LogP) is 5.87. The summed E-state index contributed by atoms with van der Waals surface area (Å²) in [6.07, 6.45) is 8.69. The maximum Gasteiger partial charge on any atom is 0.305 e. The number of carbonyl (C=O) groups is 1. The molecule has 1 fully saturated rings. The van der Waals surface area contributed by atoms with Gasteiger partial charge in [-0.3, -0.25) is 9.69 Å². The first kappa shape index (κ1) is 25.7. The minimum absolute atomic E-state index is 0.203. The fraction of sp³-hybridized carbons (Fsp3) is 0.303. The molecule has 0 spiro atoms. The molecule has 3 aliphatic heterocycles. The molecule has 40 heavy (non-hydrogen) atoms. The number of benzene rings is 3. The number of amides is 1. The fourth-order valence-corrected chi connectivity index (χ4v) is 5.88. The molecule has 0 bridgehead atoms. The van der Waals surface area contributed by atoms with Crippen LogP contribution in [0.5, 0.6) is 5.75 Å². The zero-order valence-corrected chi connectivity index (χ0v) is 22.5. The second-order valence-corrected chi connectivity index (χ2v) is 10.6. The first-order valence-corrected chi connectivity index (χ1v) is 14.1. The lowest BCUT2D eigenvalue weighted by molar-refractivity contribution is -0.122. The number of nitrogens with zero attached hydrogens (tertiary/aromatic N) is 4. The molecule has 1 saturated heterocycles. The molecule has 0 aliphatic carbocycles. The van der Waals surface area contributed by atoms with Crippen LogP contribution < -0.4 is 4.90 Å². The van der Waals surface area contributed by atoms with Crippen molar-refractivity contribution in [3.05, 3.63) is 94.2 Å². The van der Waals surface area contributed by atoms with Crippen LogP contribution in [0.1, 0.15) is 53.5 Å². The zero-order valence-electron chi connectivity index (χ0n) is 22.5. The van der Waals surface area contributed by atoms with Crippen molar-refractivity contribution in [2.75, 3.05) is 24.5 Å². The number of ether oxygens (including phenoxy) is 1. The summed E-state index contributed by atoms with van der Waals surface area (Å²) in [4.78, 5) is 22.3. The number of carbonyl (C=O) groups excluding carboxylic acids is 1. The number of amidine groups is 1. The standard InChI is InChI=1S/C33H32N4O3/c34-22-27-8-1-2-11-29(27)35-33-37(18-4-3-7-23-12-14-28(38)15-13-23)32(39)30(40-33)21-24-19-25-9-5-16-36-17-6-10-26(20-24)31(25)36/h1-2,8,11-15,19-21,38H,3-7,9-10,16-18H2/b30-21+,35-33?. The van der Waals surface area contributed by atoms with E-state index in [2.05, 4.69) is 28.1 Å². The van der Waals surface area contributed by atoms with Gasteiger partial charge < -0.3 is 14.7 Å². The van der Waals surface area contributed by atoms with Crippen LogP contribution in [0.3, 0.4) is 0 Å². The van der Waals surface area contributed by atoms with Gasteiger partial charge in [0.1, 0.15) is 11.8 Å². The third-order valence-corrected chi connectivity index (χ3v) is 7.81. The highest BCUT2D eigenvalue weighted by atomic mass is 16.5. The molecule has 3 heterocycles. The van der Waals surface area contributed by atoms with Crippen LogP contribution in [-0.4, -0.2) is 41.6 Å². The van der Waals surface area contributed by atoms with Gasteiger partial charge in [0.25, 0.3) is 5.91 Å². The van der Waals surface area contributed by atoms with E-state index >= 15 is 0 Å². The van der Waals surface area contributed by atoms with E-state index in [1.807, 2.05) is 24.3 Å². The monoisotopic (exact) mass is 532 g/mol. The molecule has 7 heteroatoms. The predicted molar refractivity (Wildman–Crippen MR) is 155 cm³/mol. The number of hydrogen-bond donors (Lipinski definition) is 1. The highest BCUT2D eigenvalue weighted by Crippen LogP contribution is 2.37. The second-order valence-electron chi connectivity index (χ2n) is 10.6. The molecular formula is C33H32N4O3. The summed E-state index contributed by atoms with van der Waals surface area (Å²) >= 11 is 0. The number of aliphatic imine (C=N–C) groups is 1. The van der Waals surface area contributed by atoms with Gasteiger partial charge in [0, 0.05) is 25.3 Å². The average molecular weight is 533 g/mol. The van der Waals surface area contributed by atoms with Crippen LogP contribution in [0, 0.1) is 11.3 Å². The topological polar surface area (TPSA) is 89.2 Å². The van der Waals surface area contributed by atoms with Gasteiger partial charge in [-0.15, -0.1) is 0 Å². The minimum Gasteiger partial charge on any atom is -0.508 e. The average Bonchev–Trinajstić information content (AvgIpc) is 3.25. The van der Waals surface area contributed by atoms with Crippen molar-refractivity contribution in [1.82, 2.24) is 4.90 Å². The third kappa shape index (κ3) is 5.30. The zero-order chi connectivity index (χ0) is 27.5. The SMILES string of the molecule is N#Cc1ccccc1N=C1O/C(=C/c2cc3c4c(c2)CCCN4CCC3)C(=O)N1CCCCc1ccc(O)cc1. The molecule has 7 nitrogen and oxygen atoms in total. The maximum absolute atomic E-state index is 13.6. The lowest BCUT2D eigenvalue weighted by Crippen LogP contribution is -2.34. The summed E-state index contributed by atoms with van der Waals surface area (Å²) in [7, 11) is 0. The van der Waals surface area contributed by atoms with Gasteiger partial charge in [0.05, 0.1) is 11.3 Å². The van der Waals surface area contributed by atoms with E-state index in [4.69, 9.17) is 4.74 Å². The van der Waals surface area contributed by atoms with Gasteiger partial charge in [-0.05, 0) is 110 Å². The molecule has 3 aliphatic rings. The number of para-hydroxylation sites is 1. The van der Waals surface area contributed by atoms with Gasteiger partial charge in [-0.25, -0.2) is 0 Å². The Kier molecular flexibility index (Phi) is 7.24. The lowest BCUT2D eigenvalue weighted by Gasteiger charge is -2.37. The molecule has 0 aromatic heterocycles. The second kappa shape index (κ2) is 11.3. The summed E-state index contributed by atoms with van der Waals surface area (Å²) in [5.74, 6) is 0.287. The van der Waals surface area contributed by atoms with E-state index < -0.39 is 0 Å². The Labute approximate surface area is 234 Å². The number of anilines is 1. The van der Waals surface area contributed by atoms with E-state index in [9.17, 15) is 15.2 Å². The van der Waals surface area contributed by atoms with E-state index in [1.165, 1.54) is 16.8 Å². The van der Waals surface area contributed by atoms with Crippen molar-refractivity contribution >= 4 is 29.4 Å². The first-order chi connectivity index (χ1) is 19.6. The van der Waals surface area contributed by atoms with Crippen molar-refractivity contribution in [3.63, 3.8) is 0 Å². The molecule has 202 valence electrons. The summed E-state index contributed by atoms with van der Waals surface area (Å²) < 4.78 is 6.11. The van der Waals surface area contributed by atoms with Crippen LogP contribution in [0.15, 0.2) is 71.4 Å². The van der Waals surface area contributed by atoms with E-state index in [0.717, 1.165) is 69.2 Å². The van der Waals surface area contributed by atoms with Crippen molar-refractivity contribution in [2.45, 2.75) is 44.9 Å². The summed E-state index contributed by atoms with van der Waals surface area (Å²) in [6.45, 7) is 2.69. The number of unbranched alkanes of at least 4 members (excludes halogenated alkanes) is 1. The van der Waals surface area contributed by atoms with Gasteiger partial charge >= 0.3 is 6.02 Å². The van der Waals surface area contributed by atoms with Crippen LogP contribution in [0.25, 0.3) is 6.08 Å². The number of nitriles is 1. The number of phenols is 1. The van der Waals surface area contributed by atoms with Crippen molar-refractivity contribution < 1.29 is 14.6 Å². The van der Waals surface area contributed by atoms with Gasteiger partial charge in [-0.1, -0.05) is 24.3 Å². The number of hydrogen-bond acceptors (Lipinski definition) is 6. The van der Waals surface area contributed by atoms with Crippen LogP contribution in [-0.2, 0) is 28.8 Å². The van der Waals surface area contributed by atoms with Crippen LogP contribution in [0.2, 0.25) is 0 Å². The fourth-order valence-electron chi connectivity index (χ4n) is 5.88. The van der Waals surface area contributed by atoms with E-state index in [0.29, 0.717) is 17.8 Å². The Morgan fingerprint density at radius 1 is 1.00 bits per heavy atom. The Balaban J connectivity index is 1.26. The molecule has 6 rings (SSSR count). The molecule has 3 aromatic carbocycles. The van der Waals surface area contributed by atoms with E-state index in [-0.39, 0.29) is 23.4 Å². The number of aryl methyl sites for hydroxylation is 3. The normalized spacial score (nSPS) is 18.1. The highest BCUT2D eigenvalue weighted by Gasteiger charge is 2.35. The van der Waals surface area contributed by atoms with Crippen molar-refractivity contribution in [2.24, 2.45) is 4.99 Å². The molecule has 0 unspecified atom stereocenters. The summed E-state index contributed by atoms with van der Waals surface area (Å²) in [5.41, 5.74) is 7.10. The third-order valence-electron chi connectivity index (χ3n) is 7.81. The van der Waals surface area contributed by atoms with Gasteiger partial charge in [0.2, 0.25) is 0 Å². The molecule has 1 N–H and O–H groups in total. The number of rotatable bonds is 7. The Morgan fingerprint density at radius 2 is 1.73 bits per heavy atom. The number of phenolic OH excluding ortho intramolecular Hbond substituents is 1. The largest absolute Gasteiger partial charge is 0.508 e. The Hall–Kier alpha value is -4.57. The molecule has 1 amide bonds. The molecule has 3 aromatic rings. The van der Waals surface area contributed by atoms with Crippen LogP contribution in [0.4, 0.5) is 11.4 Å². The quantitative estimate of drug-likeness (QED) is 0.304. The van der Waals surface area contributed by atoms with E-state index in [1.54, 1.807) is 35.2 Å². The highest BCUT2D eigenvalue weighted by molar-refractivity contribution is 6.11. The molecular weight excluding hydrogens is 500 g/mol. The first-order valence-electron chi connectivity index (χ1n) is 14.1. The van der Waals surface area contributed by atoms with Crippen molar-refractivity contribution in [3.8, 4) is 11.8 Å². The molecule has 0 saturated carbocycles. The molecule has 0 atom stereocenters. The minimum atomic E-state index is -0.217.